The van der Waals surface area contributed by atoms with Gasteiger partial charge >= 0.3 is 0 Å². The smallest absolute Gasteiger partial charge is 0.0700 e. The lowest BCUT2D eigenvalue weighted by molar-refractivity contribution is 0.0646. The summed E-state index contributed by atoms with van der Waals surface area (Å²) in [5.41, 5.74) is 5.90. The van der Waals surface area contributed by atoms with E-state index in [1.165, 1.54) is 6.42 Å². The molecule has 0 aliphatic rings. The van der Waals surface area contributed by atoms with Crippen LogP contribution in [0.4, 0.5) is 0 Å². The van der Waals surface area contributed by atoms with E-state index >= 15 is 0 Å². The maximum Gasteiger partial charge on any atom is 0.0700 e. The third-order valence-electron chi connectivity index (χ3n) is 2.40. The number of methoxy groups -OCH3 is 1. The summed E-state index contributed by atoms with van der Waals surface area (Å²) < 4.78 is 10.3. The van der Waals surface area contributed by atoms with Crippen molar-refractivity contribution in [2.24, 2.45) is 11.1 Å². The minimum atomic E-state index is 0.360. The van der Waals surface area contributed by atoms with Crippen LogP contribution in [0.3, 0.4) is 0 Å². The Balaban J connectivity index is 3.26. The SMILES string of the molecule is COCCOCCCC(C)(C)CCN. The standard InChI is InChI=1S/C11H25NO2/c1-11(2,6-7-12)5-4-8-14-10-9-13-3/h4-10,12H2,1-3H3. The molecule has 0 aliphatic heterocycles. The second-order valence-electron chi connectivity index (χ2n) is 4.41. The van der Waals surface area contributed by atoms with Crippen molar-refractivity contribution in [3.05, 3.63) is 0 Å². The molecule has 0 heterocycles. The quantitative estimate of drug-likeness (QED) is 0.581. The first-order valence-electron chi connectivity index (χ1n) is 5.39. The Morgan fingerprint density at radius 3 is 2.36 bits per heavy atom. The molecule has 0 aromatic heterocycles. The Morgan fingerprint density at radius 2 is 1.79 bits per heavy atom. The van der Waals surface area contributed by atoms with Crippen molar-refractivity contribution in [3.63, 3.8) is 0 Å². The molecule has 0 aromatic carbocycles. The largest absolute Gasteiger partial charge is 0.382 e. The van der Waals surface area contributed by atoms with E-state index in [0.29, 0.717) is 18.6 Å². The molecule has 86 valence electrons. The summed E-state index contributed by atoms with van der Waals surface area (Å²) in [6, 6.07) is 0. The summed E-state index contributed by atoms with van der Waals surface area (Å²) in [7, 11) is 1.69. The Bertz CT molecular complexity index is 126. The minimum absolute atomic E-state index is 0.360. The van der Waals surface area contributed by atoms with Crippen LogP contribution in [-0.2, 0) is 9.47 Å². The Hall–Kier alpha value is -0.120. The zero-order valence-corrected chi connectivity index (χ0v) is 9.84. The summed E-state index contributed by atoms with van der Waals surface area (Å²) in [5.74, 6) is 0. The van der Waals surface area contributed by atoms with E-state index in [9.17, 15) is 0 Å². The predicted octanol–water partition coefficient (Wildman–Crippen LogP) is 1.80. The van der Waals surface area contributed by atoms with Crippen LogP contribution >= 0.6 is 0 Å². The van der Waals surface area contributed by atoms with Crippen LogP contribution in [0.25, 0.3) is 0 Å². The van der Waals surface area contributed by atoms with Gasteiger partial charge in [0, 0.05) is 13.7 Å². The summed E-state index contributed by atoms with van der Waals surface area (Å²) in [4.78, 5) is 0. The van der Waals surface area contributed by atoms with Crippen molar-refractivity contribution in [1.29, 1.82) is 0 Å². The first kappa shape index (κ1) is 13.9. The fourth-order valence-corrected chi connectivity index (χ4v) is 1.41. The van der Waals surface area contributed by atoms with Gasteiger partial charge in [-0.15, -0.1) is 0 Å². The molecule has 0 fully saturated rings. The van der Waals surface area contributed by atoms with E-state index < -0.39 is 0 Å². The lowest BCUT2D eigenvalue weighted by atomic mass is 9.84. The highest BCUT2D eigenvalue weighted by molar-refractivity contribution is 4.68. The Labute approximate surface area is 88.0 Å². The third-order valence-corrected chi connectivity index (χ3v) is 2.40. The summed E-state index contributed by atoms with van der Waals surface area (Å²) in [6.45, 7) is 7.51. The van der Waals surface area contributed by atoms with Crippen molar-refractivity contribution in [2.75, 3.05) is 33.5 Å². The van der Waals surface area contributed by atoms with Gasteiger partial charge in [-0.25, -0.2) is 0 Å². The van der Waals surface area contributed by atoms with Gasteiger partial charge in [-0.05, 0) is 31.2 Å². The molecule has 0 saturated heterocycles. The van der Waals surface area contributed by atoms with Crippen molar-refractivity contribution < 1.29 is 9.47 Å². The molecule has 14 heavy (non-hydrogen) atoms. The van der Waals surface area contributed by atoms with Gasteiger partial charge in [-0.1, -0.05) is 13.8 Å². The number of hydrogen-bond donors (Lipinski definition) is 1. The first-order valence-corrected chi connectivity index (χ1v) is 5.39. The van der Waals surface area contributed by atoms with Gasteiger partial charge in [0.15, 0.2) is 0 Å². The first-order chi connectivity index (χ1) is 6.62. The molecule has 0 unspecified atom stereocenters. The maximum absolute atomic E-state index is 5.54. The van der Waals surface area contributed by atoms with Gasteiger partial charge in [0.2, 0.25) is 0 Å². The zero-order chi connectivity index (χ0) is 10.9. The van der Waals surface area contributed by atoms with Gasteiger partial charge in [-0.3, -0.25) is 0 Å². The van der Waals surface area contributed by atoms with Gasteiger partial charge < -0.3 is 15.2 Å². The monoisotopic (exact) mass is 203 g/mol. The van der Waals surface area contributed by atoms with Gasteiger partial charge in [0.1, 0.15) is 0 Å². The van der Waals surface area contributed by atoms with E-state index in [2.05, 4.69) is 13.8 Å². The fourth-order valence-electron chi connectivity index (χ4n) is 1.41. The number of ether oxygens (including phenoxy) is 2. The molecule has 0 amide bonds. The second kappa shape index (κ2) is 8.21. The minimum Gasteiger partial charge on any atom is -0.382 e. The third kappa shape index (κ3) is 8.48. The molecule has 0 spiro atoms. The van der Waals surface area contributed by atoms with Crippen LogP contribution in [0, 0.1) is 5.41 Å². The normalized spacial score (nSPS) is 12.0. The highest BCUT2D eigenvalue weighted by Gasteiger charge is 2.15. The maximum atomic E-state index is 5.54. The molecule has 3 nitrogen and oxygen atoms in total. The molecule has 0 saturated carbocycles. The molecule has 3 heteroatoms. The van der Waals surface area contributed by atoms with Crippen LogP contribution < -0.4 is 5.73 Å². The summed E-state index contributed by atoms with van der Waals surface area (Å²) in [5, 5.41) is 0. The lowest BCUT2D eigenvalue weighted by Crippen LogP contribution is -2.17. The molecule has 0 radical (unpaired) electrons. The number of hydrogen-bond acceptors (Lipinski definition) is 3. The second-order valence-corrected chi connectivity index (χ2v) is 4.41. The molecule has 0 bridgehead atoms. The number of rotatable bonds is 9. The van der Waals surface area contributed by atoms with Crippen molar-refractivity contribution in [1.82, 2.24) is 0 Å². The highest BCUT2D eigenvalue weighted by atomic mass is 16.5. The molecular weight excluding hydrogens is 178 g/mol. The Morgan fingerprint density at radius 1 is 1.07 bits per heavy atom. The van der Waals surface area contributed by atoms with E-state index in [4.69, 9.17) is 15.2 Å². The predicted molar refractivity (Wildman–Crippen MR) is 59.4 cm³/mol. The van der Waals surface area contributed by atoms with E-state index in [1.807, 2.05) is 0 Å². The highest BCUT2D eigenvalue weighted by Crippen LogP contribution is 2.25. The molecule has 0 atom stereocenters. The Kier molecular flexibility index (Phi) is 8.14. The molecule has 0 aliphatic carbocycles. The van der Waals surface area contributed by atoms with E-state index in [-0.39, 0.29) is 0 Å². The molecule has 0 aromatic rings. The van der Waals surface area contributed by atoms with Crippen molar-refractivity contribution >= 4 is 0 Å². The zero-order valence-electron chi connectivity index (χ0n) is 9.84. The fraction of sp³-hybridized carbons (Fsp3) is 1.00. The lowest BCUT2D eigenvalue weighted by Gasteiger charge is -2.23. The van der Waals surface area contributed by atoms with Gasteiger partial charge in [0.25, 0.3) is 0 Å². The van der Waals surface area contributed by atoms with Crippen molar-refractivity contribution in [2.45, 2.75) is 33.1 Å². The molecule has 0 rings (SSSR count). The van der Waals surface area contributed by atoms with Crippen LogP contribution in [0.1, 0.15) is 33.1 Å². The van der Waals surface area contributed by atoms with Crippen LogP contribution in [0.15, 0.2) is 0 Å². The average molecular weight is 203 g/mol. The topological polar surface area (TPSA) is 44.5 Å². The number of nitrogens with two attached hydrogens (primary N) is 1. The van der Waals surface area contributed by atoms with Crippen LogP contribution in [0.5, 0.6) is 0 Å². The molecular formula is C11H25NO2. The van der Waals surface area contributed by atoms with Crippen molar-refractivity contribution in [3.8, 4) is 0 Å². The average Bonchev–Trinajstić information content (AvgIpc) is 2.11. The summed E-state index contributed by atoms with van der Waals surface area (Å²) >= 11 is 0. The van der Waals surface area contributed by atoms with Gasteiger partial charge in [0.05, 0.1) is 13.2 Å². The van der Waals surface area contributed by atoms with Gasteiger partial charge in [-0.2, -0.15) is 0 Å². The van der Waals surface area contributed by atoms with Crippen LogP contribution in [0.2, 0.25) is 0 Å². The van der Waals surface area contributed by atoms with Crippen LogP contribution in [-0.4, -0.2) is 33.5 Å². The van der Waals surface area contributed by atoms with E-state index in [1.54, 1.807) is 7.11 Å². The molecule has 2 N–H and O–H groups in total. The summed E-state index contributed by atoms with van der Waals surface area (Å²) in [6.07, 6.45) is 3.37. The van der Waals surface area contributed by atoms with E-state index in [0.717, 1.165) is 26.0 Å².